The molecule has 1 unspecified atom stereocenters. The number of hydrogen-bond acceptors (Lipinski definition) is 10. The minimum absolute atomic E-state index is 0.153. The molecule has 2 aromatic heterocycles. The van der Waals surface area contributed by atoms with Crippen LogP contribution in [0.1, 0.15) is 63.1 Å². The minimum Gasteiger partial charge on any atom is -0.371 e. The fourth-order valence-corrected chi connectivity index (χ4v) is 7.78. The molecule has 8 rings (SSSR count). The van der Waals surface area contributed by atoms with E-state index in [4.69, 9.17) is 0 Å². The van der Waals surface area contributed by atoms with E-state index in [9.17, 15) is 19.2 Å². The average molecular weight is 750 g/mol. The van der Waals surface area contributed by atoms with Gasteiger partial charge in [0, 0.05) is 91.0 Å². The molecule has 5 aromatic rings. The molecule has 2 fully saturated rings. The van der Waals surface area contributed by atoms with Gasteiger partial charge in [-0.3, -0.25) is 34.4 Å². The van der Waals surface area contributed by atoms with Gasteiger partial charge < -0.3 is 20.4 Å². The van der Waals surface area contributed by atoms with Gasteiger partial charge in [0.15, 0.2) is 0 Å². The highest BCUT2D eigenvalue weighted by atomic mass is 16.2. The first-order valence-electron chi connectivity index (χ1n) is 18.9. The zero-order valence-electron chi connectivity index (χ0n) is 31.4. The van der Waals surface area contributed by atoms with E-state index in [-0.39, 0.29) is 24.1 Å². The van der Waals surface area contributed by atoms with Crippen LogP contribution in [-0.2, 0) is 22.7 Å². The molecule has 0 bridgehead atoms. The number of pyridine rings is 1. The molecule has 5 heterocycles. The van der Waals surface area contributed by atoms with Gasteiger partial charge in [0.2, 0.25) is 17.8 Å². The van der Waals surface area contributed by atoms with Crippen LogP contribution in [0, 0.1) is 6.92 Å². The van der Waals surface area contributed by atoms with Gasteiger partial charge in [0.05, 0.1) is 5.69 Å². The number of benzene rings is 3. The summed E-state index contributed by atoms with van der Waals surface area (Å²) in [6, 6.07) is 24.9. The van der Waals surface area contributed by atoms with Crippen LogP contribution >= 0.6 is 0 Å². The normalized spacial score (nSPS) is 17.2. The summed E-state index contributed by atoms with van der Waals surface area (Å²) >= 11 is 0. The summed E-state index contributed by atoms with van der Waals surface area (Å²) < 4.78 is 0. The molecule has 4 amide bonds. The molecular weight excluding hydrogens is 707 g/mol. The zero-order chi connectivity index (χ0) is 38.8. The molecule has 0 aliphatic carbocycles. The van der Waals surface area contributed by atoms with Crippen molar-refractivity contribution >= 4 is 46.6 Å². The van der Waals surface area contributed by atoms with Crippen molar-refractivity contribution in [3.8, 4) is 11.3 Å². The number of fused-ring (bicyclic) bond motifs is 1. The summed E-state index contributed by atoms with van der Waals surface area (Å²) in [5, 5.41) is 8.69. The third-order valence-corrected chi connectivity index (χ3v) is 11.0. The lowest BCUT2D eigenvalue weighted by atomic mass is 10.0. The van der Waals surface area contributed by atoms with Gasteiger partial charge in [0.1, 0.15) is 6.04 Å². The van der Waals surface area contributed by atoms with Crippen molar-refractivity contribution in [1.82, 2.24) is 30.1 Å². The molecule has 284 valence electrons. The Balaban J connectivity index is 0.830. The van der Waals surface area contributed by atoms with Crippen LogP contribution in [0.15, 0.2) is 97.5 Å². The highest BCUT2D eigenvalue weighted by Crippen LogP contribution is 2.30. The molecule has 3 aliphatic rings. The maximum atomic E-state index is 13.3. The second-order valence-corrected chi connectivity index (χ2v) is 14.7. The lowest BCUT2D eigenvalue weighted by molar-refractivity contribution is -0.136. The number of aromatic nitrogens is 3. The van der Waals surface area contributed by atoms with E-state index in [0.717, 1.165) is 71.8 Å². The van der Waals surface area contributed by atoms with Gasteiger partial charge in [-0.1, -0.05) is 18.2 Å². The van der Waals surface area contributed by atoms with Crippen molar-refractivity contribution in [1.29, 1.82) is 0 Å². The number of amides is 4. The highest BCUT2D eigenvalue weighted by Gasteiger charge is 2.39. The van der Waals surface area contributed by atoms with Gasteiger partial charge in [-0.2, -0.15) is 0 Å². The van der Waals surface area contributed by atoms with E-state index in [1.54, 1.807) is 23.5 Å². The maximum absolute atomic E-state index is 13.3. The zero-order valence-corrected chi connectivity index (χ0v) is 31.4. The average Bonchev–Trinajstić information content (AvgIpc) is 3.54. The Kier molecular flexibility index (Phi) is 10.2. The number of piperidine rings is 2. The lowest BCUT2D eigenvalue weighted by Crippen LogP contribution is -2.52. The Labute approximate surface area is 325 Å². The lowest BCUT2D eigenvalue weighted by Gasteiger charge is -2.38. The SMILES string of the molecule is Cc1ccc(NC(=O)c2ccc(N3CCC(N(C)Cc4ccc5c(c4)CN(C4CCC(=O)NC4=O)C5=O)CC3)cc2)cc1Nc1nccc(-c2cccnc2)n1. The van der Waals surface area contributed by atoms with E-state index in [2.05, 4.69) is 53.8 Å². The van der Waals surface area contributed by atoms with Crippen molar-refractivity contribution in [2.75, 3.05) is 35.7 Å². The molecule has 3 aromatic carbocycles. The summed E-state index contributed by atoms with van der Waals surface area (Å²) in [6.45, 7) is 4.90. The van der Waals surface area contributed by atoms with E-state index in [1.165, 1.54) is 0 Å². The first kappa shape index (κ1) is 36.5. The maximum Gasteiger partial charge on any atom is 0.255 e. The molecule has 3 N–H and O–H groups in total. The Morgan fingerprint density at radius 3 is 2.54 bits per heavy atom. The van der Waals surface area contributed by atoms with Gasteiger partial charge in [-0.05, 0) is 111 Å². The number of hydrogen-bond donors (Lipinski definition) is 3. The Morgan fingerprint density at radius 1 is 0.946 bits per heavy atom. The topological polar surface area (TPSA) is 153 Å². The van der Waals surface area contributed by atoms with Crippen molar-refractivity contribution < 1.29 is 19.2 Å². The third-order valence-electron chi connectivity index (χ3n) is 11.0. The molecular formula is C43H43N9O4. The molecule has 3 aliphatic heterocycles. The van der Waals surface area contributed by atoms with E-state index in [0.29, 0.717) is 41.8 Å². The Hall–Kier alpha value is -6.47. The molecule has 1 atom stereocenters. The molecule has 13 heteroatoms. The van der Waals surface area contributed by atoms with Gasteiger partial charge in [-0.15, -0.1) is 0 Å². The minimum atomic E-state index is -0.613. The standard InChI is InChI=1S/C43H43N9O4/c1-27-5-9-32(23-37(27)48-43-45-19-15-36(47-43)30-4-3-18-44-24-30)46-40(54)29-7-10-34(11-8-29)51-20-16-33(17-21-51)50(2)25-28-6-12-35-31(22-28)26-52(42(35)56)38-13-14-39(53)49-41(38)55/h3-12,15,18-19,22-24,33,38H,13-14,16-17,20-21,25-26H2,1-2H3,(H,46,54)(H,45,47,48)(H,49,53,55). The molecule has 0 saturated carbocycles. The van der Waals surface area contributed by atoms with E-state index < -0.39 is 11.9 Å². The summed E-state index contributed by atoms with van der Waals surface area (Å²) in [4.78, 5) is 70.0. The largest absolute Gasteiger partial charge is 0.371 e. The van der Waals surface area contributed by atoms with Crippen molar-refractivity contribution in [3.05, 3.63) is 125 Å². The van der Waals surface area contributed by atoms with Gasteiger partial charge >= 0.3 is 0 Å². The Bertz CT molecular complexity index is 2290. The predicted molar refractivity (Wildman–Crippen MR) is 213 cm³/mol. The van der Waals surface area contributed by atoms with E-state index >= 15 is 0 Å². The van der Waals surface area contributed by atoms with Crippen LogP contribution in [0.4, 0.5) is 23.0 Å². The van der Waals surface area contributed by atoms with Crippen LogP contribution < -0.4 is 20.9 Å². The number of aryl methyl sites for hydroxylation is 1. The van der Waals surface area contributed by atoms with E-state index in [1.807, 2.05) is 79.7 Å². The smallest absolute Gasteiger partial charge is 0.255 e. The predicted octanol–water partition coefficient (Wildman–Crippen LogP) is 5.70. The van der Waals surface area contributed by atoms with Crippen molar-refractivity contribution in [2.24, 2.45) is 0 Å². The molecule has 0 spiro atoms. The van der Waals surface area contributed by atoms with Crippen LogP contribution in [0.2, 0.25) is 0 Å². The monoisotopic (exact) mass is 749 g/mol. The summed E-state index contributed by atoms with van der Waals surface area (Å²) in [5.74, 6) is -0.581. The second kappa shape index (κ2) is 15.7. The van der Waals surface area contributed by atoms with Gasteiger partial charge in [0.25, 0.3) is 11.8 Å². The number of anilines is 4. The highest BCUT2D eigenvalue weighted by molar-refractivity contribution is 6.06. The fraction of sp³-hybridized carbons (Fsp3) is 0.279. The number of nitrogens with zero attached hydrogens (tertiary/aromatic N) is 6. The van der Waals surface area contributed by atoms with Crippen molar-refractivity contribution in [3.63, 3.8) is 0 Å². The summed E-state index contributed by atoms with van der Waals surface area (Å²) in [7, 11) is 2.14. The number of nitrogens with one attached hydrogen (secondary N) is 3. The number of rotatable bonds is 10. The second-order valence-electron chi connectivity index (χ2n) is 14.7. The van der Waals surface area contributed by atoms with Crippen LogP contribution in [-0.4, -0.2) is 80.6 Å². The first-order valence-corrected chi connectivity index (χ1v) is 18.9. The van der Waals surface area contributed by atoms with Crippen molar-refractivity contribution in [2.45, 2.75) is 57.8 Å². The van der Waals surface area contributed by atoms with Gasteiger partial charge in [-0.25, -0.2) is 9.97 Å². The molecule has 2 saturated heterocycles. The van der Waals surface area contributed by atoms with Crippen LogP contribution in [0.3, 0.4) is 0 Å². The first-order chi connectivity index (χ1) is 27.2. The third kappa shape index (κ3) is 7.85. The molecule has 56 heavy (non-hydrogen) atoms. The number of carbonyl (C=O) groups is 4. The number of imide groups is 1. The molecule has 0 radical (unpaired) electrons. The summed E-state index contributed by atoms with van der Waals surface area (Å²) in [5.41, 5.74) is 8.42. The molecule has 13 nitrogen and oxygen atoms in total. The Morgan fingerprint density at radius 2 is 1.77 bits per heavy atom. The number of carbonyl (C=O) groups excluding carboxylic acids is 4. The fourth-order valence-electron chi connectivity index (χ4n) is 7.78. The van der Waals surface area contributed by atoms with Crippen LogP contribution in [0.5, 0.6) is 0 Å². The summed E-state index contributed by atoms with van der Waals surface area (Å²) in [6.07, 6.45) is 7.77. The van der Waals surface area contributed by atoms with Crippen LogP contribution in [0.25, 0.3) is 11.3 Å². The quantitative estimate of drug-likeness (QED) is 0.152.